The molecule has 0 unspecified atom stereocenters. The summed E-state index contributed by atoms with van der Waals surface area (Å²) in [7, 11) is 5.94. The Morgan fingerprint density at radius 1 is 1.15 bits per heavy atom. The third-order valence-corrected chi connectivity index (χ3v) is 4.52. The molecule has 2 rings (SSSR count). The van der Waals surface area contributed by atoms with Crippen LogP contribution in [0.15, 0.2) is 54.6 Å². The van der Waals surface area contributed by atoms with E-state index in [4.69, 9.17) is 4.74 Å². The van der Waals surface area contributed by atoms with Crippen molar-refractivity contribution in [2.45, 2.75) is 19.9 Å². The van der Waals surface area contributed by atoms with Gasteiger partial charge in [-0.1, -0.05) is 36.4 Å². The fourth-order valence-electron chi connectivity index (χ4n) is 3.44. The number of rotatable bonds is 9. The molecule has 27 heavy (non-hydrogen) atoms. The largest absolute Gasteiger partial charge is 0.497 e. The fourth-order valence-corrected chi connectivity index (χ4v) is 3.44. The van der Waals surface area contributed by atoms with Crippen LogP contribution in [-0.4, -0.2) is 40.2 Å². The van der Waals surface area contributed by atoms with Gasteiger partial charge in [-0.15, -0.1) is 0 Å². The number of nitrogens with two attached hydrogens (primary N) is 1. The molecule has 4 N–H and O–H groups in total. The minimum Gasteiger partial charge on any atom is -0.497 e. The number of carbonyl (C=O) groups is 1. The van der Waals surface area contributed by atoms with E-state index in [1.54, 1.807) is 7.11 Å². The molecule has 1 atom stereocenters. The summed E-state index contributed by atoms with van der Waals surface area (Å²) < 4.78 is 5.25. The van der Waals surface area contributed by atoms with Gasteiger partial charge < -0.3 is 20.3 Å². The summed E-state index contributed by atoms with van der Waals surface area (Å²) in [5.74, 6) is 0.700. The second-order valence-electron chi connectivity index (χ2n) is 8.10. The summed E-state index contributed by atoms with van der Waals surface area (Å²) in [6.45, 7) is 6.41. The lowest BCUT2D eigenvalue weighted by molar-refractivity contribution is -0.869. The zero-order valence-electron chi connectivity index (χ0n) is 17.1. The molecule has 0 radical (unpaired) electrons. The molecule has 0 aliphatic heterocycles. The van der Waals surface area contributed by atoms with Crippen molar-refractivity contribution in [3.8, 4) is 5.75 Å². The topological polar surface area (TPSA) is 59.4 Å². The lowest BCUT2D eigenvalue weighted by Gasteiger charge is -2.26. The van der Waals surface area contributed by atoms with Gasteiger partial charge in [-0.2, -0.15) is 0 Å². The number of quaternary nitrogens is 2. The Bertz CT molecular complexity index is 729. The maximum Gasteiger partial charge on any atom is 0.287 e. The van der Waals surface area contributed by atoms with Crippen molar-refractivity contribution in [3.05, 3.63) is 60.2 Å². The van der Waals surface area contributed by atoms with E-state index < -0.39 is 0 Å². The van der Waals surface area contributed by atoms with Crippen molar-refractivity contribution >= 4 is 11.6 Å². The molecule has 5 nitrogen and oxygen atoms in total. The van der Waals surface area contributed by atoms with Crippen molar-refractivity contribution in [1.82, 2.24) is 0 Å². The Labute approximate surface area is 162 Å². The van der Waals surface area contributed by atoms with E-state index in [2.05, 4.69) is 38.6 Å². The third-order valence-electron chi connectivity index (χ3n) is 4.52. The number of hydrogen-bond acceptors (Lipinski definition) is 2. The number of hydrogen-bond donors (Lipinski definition) is 3. The molecule has 0 aliphatic carbocycles. The maximum absolute atomic E-state index is 13.1. The molecule has 0 fully saturated rings. The van der Waals surface area contributed by atoms with Gasteiger partial charge in [0.2, 0.25) is 0 Å². The van der Waals surface area contributed by atoms with Crippen LogP contribution in [0, 0.1) is 5.41 Å². The van der Waals surface area contributed by atoms with Crippen LogP contribution in [0.2, 0.25) is 0 Å². The van der Waals surface area contributed by atoms with E-state index >= 15 is 0 Å². The molecule has 0 spiro atoms. The van der Waals surface area contributed by atoms with Crippen LogP contribution in [0.5, 0.6) is 5.75 Å². The predicted octanol–water partition coefficient (Wildman–Crippen LogP) is 1.11. The summed E-state index contributed by atoms with van der Waals surface area (Å²) >= 11 is 0. The summed E-state index contributed by atoms with van der Waals surface area (Å²) in [6.07, 6.45) is 0. The number of amides is 1. The highest BCUT2D eigenvalue weighted by atomic mass is 16.5. The van der Waals surface area contributed by atoms with E-state index in [0.717, 1.165) is 30.1 Å². The zero-order chi connectivity index (χ0) is 19.9. The number of anilines is 1. The van der Waals surface area contributed by atoms with Gasteiger partial charge in [0, 0.05) is 17.3 Å². The second kappa shape index (κ2) is 9.53. The van der Waals surface area contributed by atoms with E-state index in [1.807, 2.05) is 54.6 Å². The lowest BCUT2D eigenvalue weighted by Crippen LogP contribution is -3.08. The number of carbonyl (C=O) groups excluding carboxylic acids is 1. The number of methoxy groups -OCH3 is 1. The molecule has 0 heterocycles. The Morgan fingerprint density at radius 2 is 1.85 bits per heavy atom. The molecule has 146 valence electrons. The minimum atomic E-state index is -0.297. The number of benzene rings is 2. The molecular weight excluding hydrogens is 338 g/mol. The minimum absolute atomic E-state index is 0.0255. The van der Waals surface area contributed by atoms with Crippen LogP contribution in [-0.2, 0) is 4.79 Å². The molecule has 0 aliphatic rings. The highest BCUT2D eigenvalue weighted by molar-refractivity contribution is 5.94. The van der Waals surface area contributed by atoms with E-state index in [-0.39, 0.29) is 17.4 Å². The molecular formula is C22H33N3O2+2. The normalized spacial score (nSPS) is 12.7. The van der Waals surface area contributed by atoms with Crippen LogP contribution >= 0.6 is 0 Å². The molecule has 0 saturated heterocycles. The average molecular weight is 372 g/mol. The Balaban J connectivity index is 2.15. The molecule has 5 heteroatoms. The quantitative estimate of drug-likeness (QED) is 0.618. The predicted molar refractivity (Wildman–Crippen MR) is 109 cm³/mol. The first-order chi connectivity index (χ1) is 12.8. The van der Waals surface area contributed by atoms with Crippen molar-refractivity contribution in [3.63, 3.8) is 0 Å². The molecule has 0 saturated carbocycles. The monoisotopic (exact) mass is 371 g/mol. The van der Waals surface area contributed by atoms with Crippen LogP contribution in [0.4, 0.5) is 5.69 Å². The standard InChI is InChI=1S/C22H31N3O2/c1-22(2,16-25(3)4)15-23-20(17-10-7-6-8-11-17)21(26)24-18-12-9-13-19(14-18)27-5/h6-14,20,23H,15-16H2,1-5H3,(H,24,26)/p+2/t20-/m0/s1. The first kappa shape index (κ1) is 20.9. The Hall–Kier alpha value is -2.37. The van der Waals surface area contributed by atoms with Gasteiger partial charge in [-0.05, 0) is 26.0 Å². The van der Waals surface area contributed by atoms with Crippen molar-refractivity contribution in [2.24, 2.45) is 5.41 Å². The number of ether oxygens (including phenoxy) is 1. The van der Waals surface area contributed by atoms with Gasteiger partial charge in [0.15, 0.2) is 6.04 Å². The molecule has 0 bridgehead atoms. The van der Waals surface area contributed by atoms with Crippen molar-refractivity contribution < 1.29 is 19.7 Å². The van der Waals surface area contributed by atoms with Crippen LogP contribution < -0.4 is 20.3 Å². The highest BCUT2D eigenvalue weighted by Crippen LogP contribution is 2.19. The maximum atomic E-state index is 13.1. The average Bonchev–Trinajstić information content (AvgIpc) is 2.61. The second-order valence-corrected chi connectivity index (χ2v) is 8.10. The summed E-state index contributed by atoms with van der Waals surface area (Å²) in [5.41, 5.74) is 1.87. The van der Waals surface area contributed by atoms with E-state index in [1.165, 1.54) is 4.90 Å². The fraction of sp³-hybridized carbons (Fsp3) is 0.409. The highest BCUT2D eigenvalue weighted by Gasteiger charge is 2.30. The molecule has 2 aromatic carbocycles. The first-order valence-electron chi connectivity index (χ1n) is 9.43. The summed E-state index contributed by atoms with van der Waals surface area (Å²) in [4.78, 5) is 14.5. The Morgan fingerprint density at radius 3 is 2.48 bits per heavy atom. The van der Waals surface area contributed by atoms with Gasteiger partial charge in [-0.3, -0.25) is 4.79 Å². The van der Waals surface area contributed by atoms with Crippen molar-refractivity contribution in [1.29, 1.82) is 0 Å². The lowest BCUT2D eigenvalue weighted by atomic mass is 9.92. The van der Waals surface area contributed by atoms with Gasteiger partial charge in [0.1, 0.15) is 5.75 Å². The van der Waals surface area contributed by atoms with Crippen molar-refractivity contribution in [2.75, 3.05) is 39.6 Å². The molecule has 2 aromatic rings. The van der Waals surface area contributed by atoms with Gasteiger partial charge in [0.25, 0.3) is 5.91 Å². The molecule has 1 amide bonds. The van der Waals surface area contributed by atoms with Gasteiger partial charge in [-0.25, -0.2) is 0 Å². The Kier molecular flexibility index (Phi) is 7.39. The first-order valence-corrected chi connectivity index (χ1v) is 9.43. The molecule has 0 aromatic heterocycles. The zero-order valence-corrected chi connectivity index (χ0v) is 17.1. The van der Waals surface area contributed by atoms with E-state index in [9.17, 15) is 4.79 Å². The van der Waals surface area contributed by atoms with E-state index in [0.29, 0.717) is 0 Å². The summed E-state index contributed by atoms with van der Waals surface area (Å²) in [5, 5.41) is 5.18. The van der Waals surface area contributed by atoms with Gasteiger partial charge in [0.05, 0.1) is 39.7 Å². The third kappa shape index (κ3) is 6.70. The van der Waals surface area contributed by atoms with Crippen LogP contribution in [0.25, 0.3) is 0 Å². The number of nitrogens with one attached hydrogen (secondary N) is 2. The smallest absolute Gasteiger partial charge is 0.287 e. The van der Waals surface area contributed by atoms with Crippen LogP contribution in [0.3, 0.4) is 0 Å². The van der Waals surface area contributed by atoms with Crippen LogP contribution in [0.1, 0.15) is 25.5 Å². The summed E-state index contributed by atoms with van der Waals surface area (Å²) in [6, 6.07) is 17.1. The SMILES string of the molecule is COc1cccc(NC(=O)[C@@H]([NH2+]CC(C)(C)C[NH+](C)C)c2ccccc2)c1. The van der Waals surface area contributed by atoms with Gasteiger partial charge >= 0.3 is 0 Å².